The lowest BCUT2D eigenvalue weighted by atomic mass is 9.75. The molecule has 6 heteroatoms. The molecule has 4 aliphatic rings. The zero-order valence-corrected chi connectivity index (χ0v) is 18.6. The average molecular weight is 424 g/mol. The molecule has 3 amide bonds. The van der Waals surface area contributed by atoms with Crippen LogP contribution in [0.2, 0.25) is 0 Å². The van der Waals surface area contributed by atoms with Gasteiger partial charge in [0.2, 0.25) is 11.8 Å². The van der Waals surface area contributed by atoms with E-state index in [1.54, 1.807) is 0 Å². The fourth-order valence-electron chi connectivity index (χ4n) is 6.39. The molecule has 5 rings (SSSR count). The van der Waals surface area contributed by atoms with Gasteiger partial charge in [-0.15, -0.1) is 0 Å². The number of hydrogen-bond donors (Lipinski definition) is 0. The Balaban J connectivity index is 1.37. The molecule has 5 atom stereocenters. The standard InChI is InChI=1S/C25H33N3O3/c1-3-16(2)23(28-15-18-7-4-5-8-20(18)24(28)30)25(31)26-12-17-11-19(14-26)21-9-6-10-22(29)27(21)13-17/h4-5,7-8,16-17,19,21,23H,3,6,9-15H2,1-2H3/t16-,17+,19-,21-,23+/m0/s1. The number of benzene rings is 1. The van der Waals surface area contributed by atoms with Crippen molar-refractivity contribution < 1.29 is 14.4 Å². The van der Waals surface area contributed by atoms with Crippen LogP contribution in [0.3, 0.4) is 0 Å². The summed E-state index contributed by atoms with van der Waals surface area (Å²) >= 11 is 0. The Morgan fingerprint density at radius 1 is 1.16 bits per heavy atom. The Morgan fingerprint density at radius 2 is 1.97 bits per heavy atom. The number of fused-ring (bicyclic) bond motifs is 5. The van der Waals surface area contributed by atoms with Crippen LogP contribution in [0.15, 0.2) is 24.3 Å². The molecule has 0 unspecified atom stereocenters. The Kier molecular flexibility index (Phi) is 5.27. The molecule has 0 spiro atoms. The monoisotopic (exact) mass is 423 g/mol. The highest BCUT2D eigenvalue weighted by atomic mass is 16.2. The Bertz CT molecular complexity index is 900. The number of carbonyl (C=O) groups is 3. The summed E-state index contributed by atoms with van der Waals surface area (Å²) in [5.74, 6) is 1.19. The van der Waals surface area contributed by atoms with Crippen molar-refractivity contribution in [3.8, 4) is 0 Å². The third-order valence-corrected chi connectivity index (χ3v) is 8.11. The van der Waals surface area contributed by atoms with Gasteiger partial charge in [0.15, 0.2) is 0 Å². The third-order valence-electron chi connectivity index (χ3n) is 8.11. The number of hydrogen-bond acceptors (Lipinski definition) is 3. The molecule has 2 bridgehead atoms. The average Bonchev–Trinajstić information content (AvgIpc) is 3.10. The molecule has 0 N–H and O–H groups in total. The van der Waals surface area contributed by atoms with E-state index in [2.05, 4.69) is 18.7 Å². The maximum atomic E-state index is 13.9. The quantitative estimate of drug-likeness (QED) is 0.748. The minimum Gasteiger partial charge on any atom is -0.340 e. The molecule has 3 fully saturated rings. The molecule has 0 saturated carbocycles. The first kappa shape index (κ1) is 20.5. The van der Waals surface area contributed by atoms with Crippen LogP contribution < -0.4 is 0 Å². The normalized spacial score (nSPS) is 29.5. The van der Waals surface area contributed by atoms with Gasteiger partial charge in [-0.2, -0.15) is 0 Å². The molecule has 166 valence electrons. The van der Waals surface area contributed by atoms with Gasteiger partial charge in [-0.05, 0) is 48.6 Å². The van der Waals surface area contributed by atoms with Crippen molar-refractivity contribution in [1.82, 2.24) is 14.7 Å². The summed E-state index contributed by atoms with van der Waals surface area (Å²) < 4.78 is 0. The fraction of sp³-hybridized carbons (Fsp3) is 0.640. The van der Waals surface area contributed by atoms with Crippen molar-refractivity contribution in [2.75, 3.05) is 19.6 Å². The summed E-state index contributed by atoms with van der Waals surface area (Å²) in [6.07, 6.45) is 4.65. The molecule has 4 aliphatic heterocycles. The molecular weight excluding hydrogens is 390 g/mol. The lowest BCUT2D eigenvalue weighted by Gasteiger charge is -2.53. The number of carbonyl (C=O) groups excluding carboxylic acids is 3. The van der Waals surface area contributed by atoms with Crippen molar-refractivity contribution in [3.05, 3.63) is 35.4 Å². The van der Waals surface area contributed by atoms with Gasteiger partial charge in [-0.25, -0.2) is 0 Å². The molecular formula is C25H33N3O3. The summed E-state index contributed by atoms with van der Waals surface area (Å²) in [6.45, 7) is 6.90. The van der Waals surface area contributed by atoms with E-state index in [1.165, 1.54) is 0 Å². The van der Waals surface area contributed by atoms with Crippen LogP contribution in [0.1, 0.15) is 61.9 Å². The Labute approximate surface area is 184 Å². The van der Waals surface area contributed by atoms with E-state index in [1.807, 2.05) is 34.1 Å². The van der Waals surface area contributed by atoms with E-state index in [0.717, 1.165) is 43.4 Å². The molecule has 31 heavy (non-hydrogen) atoms. The Hall–Kier alpha value is -2.37. The summed E-state index contributed by atoms with van der Waals surface area (Å²) in [6, 6.07) is 7.57. The SMILES string of the molecule is CC[C@H](C)[C@H](C(=O)N1C[C@H]2C[C@@H](C1)[C@@H]1CCCC(=O)N1C2)N1Cc2ccccc2C1=O. The highest BCUT2D eigenvalue weighted by molar-refractivity contribution is 6.01. The van der Waals surface area contributed by atoms with Crippen LogP contribution in [0.25, 0.3) is 0 Å². The zero-order valence-electron chi connectivity index (χ0n) is 18.6. The lowest BCUT2D eigenvalue weighted by molar-refractivity contribution is -0.151. The molecule has 0 radical (unpaired) electrons. The zero-order chi connectivity index (χ0) is 21.7. The second kappa shape index (κ2) is 7.95. The summed E-state index contributed by atoms with van der Waals surface area (Å²) in [5, 5.41) is 0. The lowest BCUT2D eigenvalue weighted by Crippen LogP contribution is -2.63. The van der Waals surface area contributed by atoms with Crippen molar-refractivity contribution in [3.63, 3.8) is 0 Å². The van der Waals surface area contributed by atoms with Crippen molar-refractivity contribution in [2.45, 2.75) is 64.6 Å². The van der Waals surface area contributed by atoms with Gasteiger partial charge in [-0.3, -0.25) is 14.4 Å². The summed E-state index contributed by atoms with van der Waals surface area (Å²) in [5.41, 5.74) is 1.75. The molecule has 6 nitrogen and oxygen atoms in total. The van der Waals surface area contributed by atoms with Crippen molar-refractivity contribution in [2.24, 2.45) is 17.8 Å². The number of amides is 3. The predicted molar refractivity (Wildman–Crippen MR) is 117 cm³/mol. The minimum atomic E-state index is -0.423. The first-order valence-corrected chi connectivity index (χ1v) is 11.9. The van der Waals surface area contributed by atoms with Gasteiger partial charge in [-0.1, -0.05) is 38.5 Å². The maximum Gasteiger partial charge on any atom is 0.255 e. The number of piperidine rings is 3. The van der Waals surface area contributed by atoms with E-state index in [0.29, 0.717) is 43.8 Å². The minimum absolute atomic E-state index is 0.0181. The second-order valence-electron chi connectivity index (χ2n) is 10.0. The largest absolute Gasteiger partial charge is 0.340 e. The maximum absolute atomic E-state index is 13.9. The van der Waals surface area contributed by atoms with E-state index in [9.17, 15) is 14.4 Å². The van der Waals surface area contributed by atoms with Crippen LogP contribution in [0.5, 0.6) is 0 Å². The van der Waals surface area contributed by atoms with Gasteiger partial charge in [0.1, 0.15) is 6.04 Å². The van der Waals surface area contributed by atoms with Crippen molar-refractivity contribution >= 4 is 17.7 Å². The number of rotatable bonds is 4. The van der Waals surface area contributed by atoms with E-state index < -0.39 is 6.04 Å². The van der Waals surface area contributed by atoms with E-state index in [4.69, 9.17) is 0 Å². The van der Waals surface area contributed by atoms with Crippen LogP contribution in [0.4, 0.5) is 0 Å². The van der Waals surface area contributed by atoms with Crippen LogP contribution >= 0.6 is 0 Å². The first-order valence-electron chi connectivity index (χ1n) is 11.9. The van der Waals surface area contributed by atoms with Crippen LogP contribution in [-0.4, -0.2) is 64.1 Å². The molecule has 1 aromatic carbocycles. The van der Waals surface area contributed by atoms with Gasteiger partial charge in [0.05, 0.1) is 0 Å². The first-order chi connectivity index (χ1) is 15.0. The summed E-state index contributed by atoms with van der Waals surface area (Å²) in [7, 11) is 0. The molecule has 3 saturated heterocycles. The topological polar surface area (TPSA) is 60.9 Å². The number of nitrogens with zero attached hydrogens (tertiary/aromatic N) is 3. The molecule has 0 aliphatic carbocycles. The smallest absolute Gasteiger partial charge is 0.255 e. The fourth-order valence-corrected chi connectivity index (χ4v) is 6.39. The van der Waals surface area contributed by atoms with E-state index in [-0.39, 0.29) is 23.8 Å². The molecule has 0 aromatic heterocycles. The van der Waals surface area contributed by atoms with Crippen LogP contribution in [-0.2, 0) is 16.1 Å². The second-order valence-corrected chi connectivity index (χ2v) is 10.0. The van der Waals surface area contributed by atoms with Gasteiger partial charge < -0.3 is 14.7 Å². The third kappa shape index (κ3) is 3.44. The van der Waals surface area contributed by atoms with Gasteiger partial charge >= 0.3 is 0 Å². The molecule has 1 aromatic rings. The molecule has 4 heterocycles. The highest BCUT2D eigenvalue weighted by Gasteiger charge is 2.47. The van der Waals surface area contributed by atoms with E-state index >= 15 is 0 Å². The number of likely N-dealkylation sites (tertiary alicyclic amines) is 1. The van der Waals surface area contributed by atoms with Gasteiger partial charge in [0.25, 0.3) is 5.91 Å². The van der Waals surface area contributed by atoms with Crippen molar-refractivity contribution in [1.29, 1.82) is 0 Å². The predicted octanol–water partition coefficient (Wildman–Crippen LogP) is 2.92. The summed E-state index contributed by atoms with van der Waals surface area (Å²) in [4.78, 5) is 45.4. The highest BCUT2D eigenvalue weighted by Crippen LogP contribution is 2.39. The van der Waals surface area contributed by atoms with Crippen LogP contribution in [0, 0.1) is 17.8 Å². The Morgan fingerprint density at radius 3 is 2.74 bits per heavy atom. The van der Waals surface area contributed by atoms with Gasteiger partial charge in [0, 0.05) is 44.2 Å².